The van der Waals surface area contributed by atoms with Gasteiger partial charge in [-0.15, -0.1) is 11.3 Å². The highest BCUT2D eigenvalue weighted by Gasteiger charge is 2.09. The van der Waals surface area contributed by atoms with E-state index in [0.717, 1.165) is 30.8 Å². The molecule has 0 bridgehead atoms. The van der Waals surface area contributed by atoms with Crippen LogP contribution >= 0.6 is 22.9 Å². The first-order chi connectivity index (χ1) is 8.65. The van der Waals surface area contributed by atoms with Crippen LogP contribution < -0.4 is 0 Å². The minimum atomic E-state index is -0.812. The topological polar surface area (TPSA) is 37.3 Å². The quantitative estimate of drug-likeness (QED) is 0.756. The number of thiophene rings is 1. The molecule has 18 heavy (non-hydrogen) atoms. The molecule has 0 aliphatic heterocycles. The maximum Gasteiger partial charge on any atom is 0.307 e. The van der Waals surface area contributed by atoms with Crippen molar-refractivity contribution in [3.63, 3.8) is 0 Å². The van der Waals surface area contributed by atoms with E-state index in [4.69, 9.17) is 16.7 Å². The number of hydrogen-bond donors (Lipinski definition) is 1. The molecule has 0 fully saturated rings. The van der Waals surface area contributed by atoms with E-state index >= 15 is 0 Å². The van der Waals surface area contributed by atoms with Gasteiger partial charge in [-0.25, -0.2) is 0 Å². The smallest absolute Gasteiger partial charge is 0.307 e. The molecule has 0 saturated heterocycles. The van der Waals surface area contributed by atoms with Gasteiger partial charge >= 0.3 is 5.97 Å². The van der Waals surface area contributed by atoms with Crippen LogP contribution in [0.1, 0.15) is 5.56 Å². The summed E-state index contributed by atoms with van der Waals surface area (Å²) < 4.78 is 2.21. The lowest BCUT2D eigenvalue weighted by atomic mass is 10.1. The van der Waals surface area contributed by atoms with Crippen LogP contribution in [-0.4, -0.2) is 11.1 Å². The fourth-order valence-electron chi connectivity index (χ4n) is 2.11. The van der Waals surface area contributed by atoms with Crippen molar-refractivity contribution < 1.29 is 9.90 Å². The van der Waals surface area contributed by atoms with Crippen LogP contribution in [-0.2, 0) is 11.2 Å². The van der Waals surface area contributed by atoms with Crippen LogP contribution in [0.2, 0.25) is 5.02 Å². The molecular formula is C14H9ClO2S. The average molecular weight is 277 g/mol. The van der Waals surface area contributed by atoms with Crippen LogP contribution in [0.3, 0.4) is 0 Å². The molecule has 0 aliphatic carbocycles. The summed E-state index contributed by atoms with van der Waals surface area (Å²) in [5.74, 6) is -0.812. The van der Waals surface area contributed by atoms with Gasteiger partial charge in [-0.3, -0.25) is 4.79 Å². The van der Waals surface area contributed by atoms with Crippen molar-refractivity contribution in [2.45, 2.75) is 6.42 Å². The van der Waals surface area contributed by atoms with E-state index in [1.54, 1.807) is 11.3 Å². The Morgan fingerprint density at radius 2 is 2.06 bits per heavy atom. The molecule has 0 amide bonds. The average Bonchev–Trinajstić information content (AvgIpc) is 2.66. The fourth-order valence-corrected chi connectivity index (χ4v) is 3.64. The molecule has 1 N–H and O–H groups in total. The van der Waals surface area contributed by atoms with Crippen molar-refractivity contribution in [1.29, 1.82) is 0 Å². The summed E-state index contributed by atoms with van der Waals surface area (Å²) in [7, 11) is 0. The van der Waals surface area contributed by atoms with Crippen LogP contribution in [0.4, 0.5) is 0 Å². The summed E-state index contributed by atoms with van der Waals surface area (Å²) in [4.78, 5) is 10.7. The largest absolute Gasteiger partial charge is 0.481 e. The molecule has 0 aliphatic rings. The van der Waals surface area contributed by atoms with Crippen molar-refractivity contribution in [1.82, 2.24) is 0 Å². The van der Waals surface area contributed by atoms with Gasteiger partial charge in [0.25, 0.3) is 0 Å². The van der Waals surface area contributed by atoms with Crippen LogP contribution in [0.5, 0.6) is 0 Å². The lowest BCUT2D eigenvalue weighted by molar-refractivity contribution is -0.136. The second kappa shape index (κ2) is 4.26. The van der Waals surface area contributed by atoms with Crippen molar-refractivity contribution in [3.05, 3.63) is 47.0 Å². The highest BCUT2D eigenvalue weighted by atomic mass is 35.5. The van der Waals surface area contributed by atoms with Gasteiger partial charge in [0.2, 0.25) is 0 Å². The standard InChI is InChI=1S/C14H9ClO2S/c15-10-2-1-3-11-14(10)9-5-4-8(7-13(16)17)6-12(9)18-11/h1-6H,7H2,(H,16,17). The molecule has 3 rings (SSSR count). The third kappa shape index (κ3) is 1.85. The molecular weight excluding hydrogens is 268 g/mol. The van der Waals surface area contributed by atoms with E-state index in [0.29, 0.717) is 0 Å². The second-order valence-corrected chi connectivity index (χ2v) is 5.61. The van der Waals surface area contributed by atoms with E-state index in [9.17, 15) is 4.79 Å². The monoisotopic (exact) mass is 276 g/mol. The molecule has 2 aromatic carbocycles. The summed E-state index contributed by atoms with van der Waals surface area (Å²) in [5, 5.41) is 11.7. The molecule has 1 aromatic heterocycles. The summed E-state index contributed by atoms with van der Waals surface area (Å²) in [5.41, 5.74) is 0.817. The first-order valence-corrected chi connectivity index (χ1v) is 6.66. The number of benzene rings is 2. The number of halogens is 1. The Balaban J connectivity index is 2.27. The highest BCUT2D eigenvalue weighted by Crippen LogP contribution is 2.38. The number of carboxylic acid groups (broad SMARTS) is 1. The second-order valence-electron chi connectivity index (χ2n) is 4.12. The molecule has 0 atom stereocenters. The number of carboxylic acids is 1. The first kappa shape index (κ1) is 11.5. The van der Waals surface area contributed by atoms with Gasteiger partial charge in [-0.05, 0) is 23.8 Å². The van der Waals surface area contributed by atoms with Gasteiger partial charge in [-0.1, -0.05) is 29.8 Å². The summed E-state index contributed by atoms with van der Waals surface area (Å²) in [6, 6.07) is 11.6. The SMILES string of the molecule is O=C(O)Cc1ccc2c(c1)sc1cccc(Cl)c12. The lowest BCUT2D eigenvalue weighted by Gasteiger charge is -1.98. The number of hydrogen-bond acceptors (Lipinski definition) is 2. The maximum atomic E-state index is 10.7. The molecule has 2 nitrogen and oxygen atoms in total. The minimum absolute atomic E-state index is 0.0535. The maximum absolute atomic E-state index is 10.7. The van der Waals surface area contributed by atoms with Crippen molar-refractivity contribution >= 4 is 49.1 Å². The van der Waals surface area contributed by atoms with Gasteiger partial charge in [0, 0.05) is 25.2 Å². The van der Waals surface area contributed by atoms with Crippen LogP contribution in [0, 0.1) is 0 Å². The molecule has 4 heteroatoms. The highest BCUT2D eigenvalue weighted by molar-refractivity contribution is 7.26. The Hall–Kier alpha value is -1.58. The van der Waals surface area contributed by atoms with Gasteiger partial charge in [0.15, 0.2) is 0 Å². The van der Waals surface area contributed by atoms with Gasteiger partial charge in [0.1, 0.15) is 0 Å². The summed E-state index contributed by atoms with van der Waals surface area (Å²) in [6.45, 7) is 0. The Morgan fingerprint density at radius 1 is 1.22 bits per heavy atom. The molecule has 0 saturated carbocycles. The number of carbonyl (C=O) groups is 1. The Labute approximate surface area is 112 Å². The predicted molar refractivity (Wildman–Crippen MR) is 75.7 cm³/mol. The summed E-state index contributed by atoms with van der Waals surface area (Å²) in [6.07, 6.45) is 0.0535. The van der Waals surface area contributed by atoms with Crippen molar-refractivity contribution in [3.8, 4) is 0 Å². The number of fused-ring (bicyclic) bond motifs is 3. The van der Waals surface area contributed by atoms with Gasteiger partial charge in [-0.2, -0.15) is 0 Å². The molecule has 1 heterocycles. The van der Waals surface area contributed by atoms with Gasteiger partial charge in [0.05, 0.1) is 6.42 Å². The van der Waals surface area contributed by atoms with Crippen molar-refractivity contribution in [2.24, 2.45) is 0 Å². The molecule has 0 radical (unpaired) electrons. The van der Waals surface area contributed by atoms with E-state index < -0.39 is 5.97 Å². The van der Waals surface area contributed by atoms with Crippen LogP contribution in [0.25, 0.3) is 20.2 Å². The fraction of sp³-hybridized carbons (Fsp3) is 0.0714. The van der Waals surface area contributed by atoms with E-state index in [2.05, 4.69) is 0 Å². The van der Waals surface area contributed by atoms with Gasteiger partial charge < -0.3 is 5.11 Å². The number of rotatable bonds is 2. The molecule has 3 aromatic rings. The zero-order chi connectivity index (χ0) is 12.7. The number of aliphatic carboxylic acids is 1. The zero-order valence-corrected chi connectivity index (χ0v) is 10.9. The summed E-state index contributed by atoms with van der Waals surface area (Å²) >= 11 is 7.85. The van der Waals surface area contributed by atoms with E-state index in [1.807, 2.05) is 36.4 Å². The lowest BCUT2D eigenvalue weighted by Crippen LogP contribution is -1.99. The third-order valence-electron chi connectivity index (χ3n) is 2.87. The minimum Gasteiger partial charge on any atom is -0.481 e. The van der Waals surface area contributed by atoms with E-state index in [-0.39, 0.29) is 6.42 Å². The first-order valence-electron chi connectivity index (χ1n) is 5.46. The molecule has 90 valence electrons. The van der Waals surface area contributed by atoms with E-state index in [1.165, 1.54) is 0 Å². The Morgan fingerprint density at radius 3 is 2.83 bits per heavy atom. The predicted octanol–water partition coefficient (Wildman–Crippen LogP) is 4.34. The Bertz CT molecular complexity index is 761. The Kier molecular flexibility index (Phi) is 2.73. The third-order valence-corrected chi connectivity index (χ3v) is 4.30. The molecule has 0 spiro atoms. The van der Waals surface area contributed by atoms with Crippen LogP contribution in [0.15, 0.2) is 36.4 Å². The van der Waals surface area contributed by atoms with Crippen molar-refractivity contribution in [2.75, 3.05) is 0 Å². The normalized spacial score (nSPS) is 11.2. The molecule has 0 unspecified atom stereocenters. The zero-order valence-electron chi connectivity index (χ0n) is 9.31.